The second kappa shape index (κ2) is 7.05. The Kier molecular flexibility index (Phi) is 4.86. The minimum Gasteiger partial charge on any atom is -0.497 e. The van der Waals surface area contributed by atoms with E-state index in [1.54, 1.807) is 21.1 Å². The number of fused-ring (bicyclic) bond motifs is 1. The van der Waals surface area contributed by atoms with Crippen molar-refractivity contribution < 1.29 is 14.3 Å². The van der Waals surface area contributed by atoms with Crippen molar-refractivity contribution in [1.29, 1.82) is 0 Å². The van der Waals surface area contributed by atoms with Crippen molar-refractivity contribution in [3.8, 4) is 5.75 Å². The fraction of sp³-hybridized carbons (Fsp3) is 0.350. The van der Waals surface area contributed by atoms with Gasteiger partial charge in [-0.15, -0.1) is 0 Å². The second-order valence-corrected chi connectivity index (χ2v) is 6.11. The molecule has 126 valence electrons. The standard InChI is InChI=1S/C20H23NO3/c1-14(23-2)20(22)21-13-17-11-18(24-3)10-9-16(17)12-19(21)15-7-5-4-6-8-15/h4-11,14,19H,12-13H2,1-3H3/t14-,19-/m0/s1. The van der Waals surface area contributed by atoms with Crippen molar-refractivity contribution >= 4 is 5.91 Å². The zero-order chi connectivity index (χ0) is 17.1. The molecule has 1 aliphatic rings. The predicted octanol–water partition coefficient (Wildman–Crippen LogP) is 3.36. The van der Waals surface area contributed by atoms with Gasteiger partial charge in [-0.25, -0.2) is 0 Å². The number of ether oxygens (including phenoxy) is 2. The summed E-state index contributed by atoms with van der Waals surface area (Å²) in [4.78, 5) is 14.8. The quantitative estimate of drug-likeness (QED) is 0.865. The van der Waals surface area contributed by atoms with Crippen LogP contribution in [0.15, 0.2) is 48.5 Å². The molecule has 0 spiro atoms. The third-order valence-corrected chi connectivity index (χ3v) is 4.71. The Bertz CT molecular complexity index is 714. The van der Waals surface area contributed by atoms with Crippen molar-refractivity contribution in [2.24, 2.45) is 0 Å². The van der Waals surface area contributed by atoms with E-state index in [0.717, 1.165) is 23.3 Å². The maximum atomic E-state index is 12.8. The number of nitrogens with zero attached hydrogens (tertiary/aromatic N) is 1. The number of carbonyl (C=O) groups excluding carboxylic acids is 1. The van der Waals surface area contributed by atoms with Gasteiger partial charge in [0.15, 0.2) is 0 Å². The molecule has 0 N–H and O–H groups in total. The van der Waals surface area contributed by atoms with Gasteiger partial charge >= 0.3 is 0 Å². The lowest BCUT2D eigenvalue weighted by molar-refractivity contribution is -0.144. The van der Waals surface area contributed by atoms with Crippen LogP contribution in [-0.2, 0) is 22.5 Å². The molecule has 0 bridgehead atoms. The fourth-order valence-corrected chi connectivity index (χ4v) is 3.23. The Balaban J connectivity index is 2.00. The van der Waals surface area contributed by atoms with E-state index in [9.17, 15) is 4.79 Å². The van der Waals surface area contributed by atoms with E-state index in [1.165, 1.54) is 5.56 Å². The van der Waals surface area contributed by atoms with Gasteiger partial charge in [0, 0.05) is 13.7 Å². The highest BCUT2D eigenvalue weighted by molar-refractivity contribution is 5.81. The molecule has 0 unspecified atom stereocenters. The monoisotopic (exact) mass is 325 g/mol. The highest BCUT2D eigenvalue weighted by Crippen LogP contribution is 2.35. The van der Waals surface area contributed by atoms with E-state index in [4.69, 9.17) is 9.47 Å². The SMILES string of the molecule is COc1ccc2c(c1)CN(C(=O)[C@H](C)OC)[C@H](c1ccccc1)C2. The Labute approximate surface area is 143 Å². The molecule has 2 aromatic rings. The first-order chi connectivity index (χ1) is 11.6. The minimum absolute atomic E-state index is 0.0137. The Morgan fingerprint density at radius 1 is 1.12 bits per heavy atom. The maximum absolute atomic E-state index is 12.8. The summed E-state index contributed by atoms with van der Waals surface area (Å²) in [6.45, 7) is 2.37. The molecule has 1 heterocycles. The summed E-state index contributed by atoms with van der Waals surface area (Å²) in [7, 11) is 3.23. The lowest BCUT2D eigenvalue weighted by Gasteiger charge is -2.38. The third kappa shape index (κ3) is 3.15. The molecule has 2 aromatic carbocycles. The van der Waals surface area contributed by atoms with Crippen LogP contribution in [0.1, 0.15) is 29.7 Å². The van der Waals surface area contributed by atoms with E-state index in [0.29, 0.717) is 6.54 Å². The highest BCUT2D eigenvalue weighted by atomic mass is 16.5. The summed E-state index contributed by atoms with van der Waals surface area (Å²) in [5.41, 5.74) is 3.55. The third-order valence-electron chi connectivity index (χ3n) is 4.71. The zero-order valence-electron chi connectivity index (χ0n) is 14.4. The van der Waals surface area contributed by atoms with Gasteiger partial charge in [-0.05, 0) is 42.2 Å². The molecule has 4 nitrogen and oxygen atoms in total. The normalized spacial score (nSPS) is 18.0. The van der Waals surface area contributed by atoms with E-state index in [-0.39, 0.29) is 11.9 Å². The number of carbonyl (C=O) groups is 1. The van der Waals surface area contributed by atoms with E-state index in [2.05, 4.69) is 18.2 Å². The van der Waals surface area contributed by atoms with E-state index in [1.807, 2.05) is 35.2 Å². The average Bonchev–Trinajstić information content (AvgIpc) is 2.65. The van der Waals surface area contributed by atoms with Crippen LogP contribution in [0.4, 0.5) is 0 Å². The molecule has 2 atom stereocenters. The lowest BCUT2D eigenvalue weighted by atomic mass is 9.89. The van der Waals surface area contributed by atoms with Crippen LogP contribution in [0.2, 0.25) is 0 Å². The topological polar surface area (TPSA) is 38.8 Å². The molecule has 24 heavy (non-hydrogen) atoms. The van der Waals surface area contributed by atoms with Gasteiger partial charge < -0.3 is 14.4 Å². The number of hydrogen-bond donors (Lipinski definition) is 0. The molecule has 4 heteroatoms. The van der Waals surface area contributed by atoms with Gasteiger partial charge in [0.1, 0.15) is 11.9 Å². The number of benzene rings is 2. The van der Waals surface area contributed by atoms with Gasteiger partial charge in [-0.3, -0.25) is 4.79 Å². The van der Waals surface area contributed by atoms with Crippen molar-refractivity contribution in [3.05, 3.63) is 65.2 Å². The number of methoxy groups -OCH3 is 2. The summed E-state index contributed by atoms with van der Waals surface area (Å²) in [5.74, 6) is 0.832. The molecular weight excluding hydrogens is 302 g/mol. The molecule has 3 rings (SSSR count). The zero-order valence-corrected chi connectivity index (χ0v) is 14.4. The van der Waals surface area contributed by atoms with Crippen LogP contribution in [-0.4, -0.2) is 31.1 Å². The molecule has 0 aromatic heterocycles. The Morgan fingerprint density at radius 2 is 1.88 bits per heavy atom. The van der Waals surface area contributed by atoms with E-state index >= 15 is 0 Å². The van der Waals surface area contributed by atoms with Crippen molar-refractivity contribution in [2.75, 3.05) is 14.2 Å². The van der Waals surface area contributed by atoms with Crippen molar-refractivity contribution in [3.63, 3.8) is 0 Å². The smallest absolute Gasteiger partial charge is 0.252 e. The summed E-state index contributed by atoms with van der Waals surface area (Å²) in [6, 6.07) is 16.3. The molecule has 0 saturated carbocycles. The van der Waals surface area contributed by atoms with Gasteiger partial charge in [0.2, 0.25) is 0 Å². The molecular formula is C20H23NO3. The molecule has 0 saturated heterocycles. The van der Waals surface area contributed by atoms with Gasteiger partial charge in [-0.1, -0.05) is 36.4 Å². The van der Waals surface area contributed by atoms with E-state index < -0.39 is 6.10 Å². The Hall–Kier alpha value is -2.33. The summed E-state index contributed by atoms with van der Waals surface area (Å²) in [5, 5.41) is 0. The molecule has 0 aliphatic carbocycles. The average molecular weight is 325 g/mol. The number of rotatable bonds is 4. The molecule has 1 amide bonds. The molecule has 0 fully saturated rings. The van der Waals surface area contributed by atoms with Crippen LogP contribution >= 0.6 is 0 Å². The van der Waals surface area contributed by atoms with Gasteiger partial charge in [0.25, 0.3) is 5.91 Å². The van der Waals surface area contributed by atoms with Crippen molar-refractivity contribution in [1.82, 2.24) is 4.90 Å². The largest absolute Gasteiger partial charge is 0.497 e. The second-order valence-electron chi connectivity index (χ2n) is 6.11. The first kappa shape index (κ1) is 16.5. The lowest BCUT2D eigenvalue weighted by Crippen LogP contribution is -2.43. The van der Waals surface area contributed by atoms with Gasteiger partial charge in [-0.2, -0.15) is 0 Å². The number of amides is 1. The fourth-order valence-electron chi connectivity index (χ4n) is 3.23. The van der Waals surface area contributed by atoms with Crippen LogP contribution in [0.5, 0.6) is 5.75 Å². The molecule has 1 aliphatic heterocycles. The predicted molar refractivity (Wildman–Crippen MR) is 92.9 cm³/mol. The van der Waals surface area contributed by atoms with Crippen molar-refractivity contribution in [2.45, 2.75) is 32.0 Å². The van der Waals surface area contributed by atoms with Gasteiger partial charge in [0.05, 0.1) is 13.2 Å². The summed E-state index contributed by atoms with van der Waals surface area (Å²) >= 11 is 0. The maximum Gasteiger partial charge on any atom is 0.252 e. The first-order valence-electron chi connectivity index (χ1n) is 8.18. The first-order valence-corrected chi connectivity index (χ1v) is 8.18. The highest BCUT2D eigenvalue weighted by Gasteiger charge is 2.33. The Morgan fingerprint density at radius 3 is 2.54 bits per heavy atom. The van der Waals surface area contributed by atoms with Crippen LogP contribution < -0.4 is 4.74 Å². The van der Waals surface area contributed by atoms with Crippen LogP contribution in [0.25, 0.3) is 0 Å². The van der Waals surface area contributed by atoms with Crippen LogP contribution in [0, 0.1) is 0 Å². The van der Waals surface area contributed by atoms with Crippen LogP contribution in [0.3, 0.4) is 0 Å². The summed E-state index contributed by atoms with van der Waals surface area (Å²) in [6.07, 6.45) is 0.342. The number of hydrogen-bond acceptors (Lipinski definition) is 3. The molecule has 0 radical (unpaired) electrons. The minimum atomic E-state index is -0.455. The summed E-state index contributed by atoms with van der Waals surface area (Å²) < 4.78 is 10.6.